The van der Waals surface area contributed by atoms with E-state index < -0.39 is 43.4 Å². The van der Waals surface area contributed by atoms with Crippen LogP contribution in [0, 0.1) is 0 Å². The van der Waals surface area contributed by atoms with Gasteiger partial charge in [-0.05, 0) is 30.7 Å². The van der Waals surface area contributed by atoms with E-state index in [4.69, 9.17) is 5.14 Å². The van der Waals surface area contributed by atoms with E-state index >= 15 is 0 Å². The molecule has 0 spiro atoms. The molecule has 0 radical (unpaired) electrons. The zero-order valence-electron chi connectivity index (χ0n) is 18.7. The normalized spacial score (nSPS) is 12.2. The molecule has 0 atom stereocenters. The van der Waals surface area contributed by atoms with Crippen molar-refractivity contribution < 1.29 is 30.0 Å². The first-order valence-corrected chi connectivity index (χ1v) is 13.6. The Morgan fingerprint density at radius 1 is 1.03 bits per heavy atom. The number of hydrogen-bond acceptors (Lipinski definition) is 9. The minimum atomic E-state index is -4.78. The highest BCUT2D eigenvalue weighted by Crippen LogP contribution is 2.34. The number of nitrogens with two attached hydrogens (primary N) is 1. The molecule has 194 valence electrons. The number of rotatable bonds is 10. The molecule has 0 bridgehead atoms. The molecule has 3 aromatic rings. The number of benzene rings is 1. The highest BCUT2D eigenvalue weighted by Gasteiger charge is 2.35. The molecule has 5 N–H and O–H groups in total. The van der Waals surface area contributed by atoms with E-state index in [1.807, 2.05) is 0 Å². The SMILES string of the molecule is CCS(=O)(=O)Nc1ncccc1CNc1nc(Nc2cccc(CS(N)(=O)=O)c2)ncc1C(F)(F)F. The maximum atomic E-state index is 13.6. The molecule has 0 aliphatic carbocycles. The number of primary sulfonamides is 1. The molecule has 11 nitrogen and oxygen atoms in total. The van der Waals surface area contributed by atoms with Gasteiger partial charge in [-0.2, -0.15) is 18.2 Å². The topological polar surface area (TPSA) is 169 Å². The monoisotopic (exact) mass is 545 g/mol. The predicted molar refractivity (Wildman–Crippen MR) is 128 cm³/mol. The number of alkyl halides is 3. The molecule has 0 amide bonds. The van der Waals surface area contributed by atoms with E-state index in [9.17, 15) is 30.0 Å². The quantitative estimate of drug-likeness (QED) is 0.299. The lowest BCUT2D eigenvalue weighted by atomic mass is 10.2. The first-order chi connectivity index (χ1) is 16.8. The van der Waals surface area contributed by atoms with Crippen LogP contribution < -0.4 is 20.5 Å². The number of hydrogen-bond donors (Lipinski definition) is 4. The van der Waals surface area contributed by atoms with Crippen LogP contribution in [0.3, 0.4) is 0 Å². The molecule has 0 aliphatic rings. The van der Waals surface area contributed by atoms with Gasteiger partial charge in [0, 0.05) is 30.2 Å². The molecule has 3 rings (SSSR count). The Balaban J connectivity index is 1.88. The third-order valence-electron chi connectivity index (χ3n) is 4.61. The van der Waals surface area contributed by atoms with E-state index in [1.54, 1.807) is 6.07 Å². The van der Waals surface area contributed by atoms with Gasteiger partial charge < -0.3 is 10.6 Å². The van der Waals surface area contributed by atoms with Crippen LogP contribution in [0.4, 0.5) is 36.4 Å². The summed E-state index contributed by atoms with van der Waals surface area (Å²) < 4.78 is 89.5. The number of sulfonamides is 2. The van der Waals surface area contributed by atoms with E-state index in [2.05, 4.69) is 30.3 Å². The zero-order chi connectivity index (χ0) is 26.6. The predicted octanol–water partition coefficient (Wildman–Crippen LogP) is 2.80. The van der Waals surface area contributed by atoms with Crippen molar-refractivity contribution in [3.8, 4) is 0 Å². The lowest BCUT2D eigenvalue weighted by molar-refractivity contribution is -0.137. The van der Waals surface area contributed by atoms with Crippen molar-refractivity contribution in [3.63, 3.8) is 0 Å². The Kier molecular flexibility index (Phi) is 8.00. The van der Waals surface area contributed by atoms with Crippen molar-refractivity contribution >= 4 is 43.3 Å². The van der Waals surface area contributed by atoms with E-state index in [-0.39, 0.29) is 29.6 Å². The largest absolute Gasteiger partial charge is 0.421 e. The fourth-order valence-electron chi connectivity index (χ4n) is 2.96. The molecular weight excluding hydrogens is 523 g/mol. The molecule has 0 saturated carbocycles. The minimum absolute atomic E-state index is 0.0283. The summed E-state index contributed by atoms with van der Waals surface area (Å²) in [6, 6.07) is 9.05. The molecule has 0 fully saturated rings. The smallest absolute Gasteiger partial charge is 0.365 e. The molecule has 16 heteroatoms. The molecule has 0 saturated heterocycles. The molecule has 2 heterocycles. The van der Waals surface area contributed by atoms with Gasteiger partial charge in [-0.25, -0.2) is 31.9 Å². The molecule has 36 heavy (non-hydrogen) atoms. The number of nitrogens with one attached hydrogen (secondary N) is 3. The summed E-state index contributed by atoms with van der Waals surface area (Å²) in [7, 11) is -7.46. The summed E-state index contributed by atoms with van der Waals surface area (Å²) in [6.45, 7) is 1.19. The van der Waals surface area contributed by atoms with Crippen LogP contribution in [0.1, 0.15) is 23.6 Å². The second-order valence-corrected chi connectivity index (χ2v) is 11.1. The summed E-state index contributed by atoms with van der Waals surface area (Å²) >= 11 is 0. The third kappa shape index (κ3) is 7.76. The molecule has 0 unspecified atom stereocenters. The van der Waals surface area contributed by atoms with Gasteiger partial charge in [0.15, 0.2) is 0 Å². The van der Waals surface area contributed by atoms with Crippen molar-refractivity contribution in [1.82, 2.24) is 15.0 Å². The van der Waals surface area contributed by atoms with E-state index in [1.165, 1.54) is 43.5 Å². The standard InChI is InChI=1S/C20H22F3N7O4S2/c1-2-36(33,34)30-17-14(6-4-8-25-17)10-26-18-16(20(21,22)23)11-27-19(29-18)28-15-7-3-5-13(9-15)12-35(24,31)32/h3-9,11H,2,10,12H2,1H3,(H,25,30)(H2,24,31,32)(H2,26,27,28,29). The number of halogens is 3. The van der Waals surface area contributed by atoms with Crippen molar-refractivity contribution in [2.45, 2.75) is 25.4 Å². The Hall–Kier alpha value is -3.50. The van der Waals surface area contributed by atoms with Crippen LogP contribution in [0.2, 0.25) is 0 Å². The molecular formula is C20H22F3N7O4S2. The fourth-order valence-corrected chi connectivity index (χ4v) is 4.22. The number of nitrogens with zero attached hydrogens (tertiary/aromatic N) is 3. The Morgan fingerprint density at radius 3 is 2.44 bits per heavy atom. The summed E-state index contributed by atoms with van der Waals surface area (Å²) in [5.74, 6) is -1.43. The van der Waals surface area contributed by atoms with E-state index in [0.717, 1.165) is 0 Å². The Labute approximate surface area is 205 Å². The second-order valence-electron chi connectivity index (χ2n) is 7.46. The second kappa shape index (κ2) is 10.6. The summed E-state index contributed by atoms with van der Waals surface area (Å²) in [5, 5.41) is 10.3. The Bertz CT molecular complexity index is 1450. The maximum Gasteiger partial charge on any atom is 0.421 e. The highest BCUT2D eigenvalue weighted by atomic mass is 32.2. The third-order valence-corrected chi connectivity index (χ3v) is 6.62. The van der Waals surface area contributed by atoms with E-state index in [0.29, 0.717) is 17.4 Å². The van der Waals surface area contributed by atoms with Gasteiger partial charge in [0.05, 0.1) is 11.5 Å². The van der Waals surface area contributed by atoms with Crippen LogP contribution in [0.25, 0.3) is 0 Å². The van der Waals surface area contributed by atoms with Gasteiger partial charge in [-0.1, -0.05) is 18.2 Å². The Morgan fingerprint density at radius 2 is 1.78 bits per heavy atom. The average molecular weight is 546 g/mol. The van der Waals surface area contributed by atoms with Gasteiger partial charge in [-0.15, -0.1) is 0 Å². The van der Waals surface area contributed by atoms with Crippen LogP contribution in [0.15, 0.2) is 48.8 Å². The summed E-state index contributed by atoms with van der Waals surface area (Å²) in [5.41, 5.74) is -0.182. The van der Waals surface area contributed by atoms with Crippen LogP contribution in [-0.2, 0) is 38.5 Å². The van der Waals surface area contributed by atoms with Gasteiger partial charge in [0.2, 0.25) is 26.0 Å². The van der Waals surface area contributed by atoms with Gasteiger partial charge in [0.25, 0.3) is 0 Å². The highest BCUT2D eigenvalue weighted by molar-refractivity contribution is 7.92. The average Bonchev–Trinajstić information content (AvgIpc) is 2.77. The van der Waals surface area contributed by atoms with Gasteiger partial charge in [-0.3, -0.25) is 4.72 Å². The summed E-state index contributed by atoms with van der Waals surface area (Å²) in [6.07, 6.45) is -2.84. The molecule has 0 aliphatic heterocycles. The minimum Gasteiger partial charge on any atom is -0.365 e. The van der Waals surface area contributed by atoms with Crippen molar-refractivity contribution in [1.29, 1.82) is 0 Å². The van der Waals surface area contributed by atoms with Crippen LogP contribution >= 0.6 is 0 Å². The van der Waals surface area contributed by atoms with Crippen molar-refractivity contribution in [2.75, 3.05) is 21.1 Å². The van der Waals surface area contributed by atoms with Crippen molar-refractivity contribution in [2.24, 2.45) is 5.14 Å². The number of anilines is 4. The molecule has 2 aromatic heterocycles. The van der Waals surface area contributed by atoms with Crippen LogP contribution in [0.5, 0.6) is 0 Å². The lowest BCUT2D eigenvalue weighted by Crippen LogP contribution is -2.18. The zero-order valence-corrected chi connectivity index (χ0v) is 20.4. The summed E-state index contributed by atoms with van der Waals surface area (Å²) in [4.78, 5) is 11.6. The molecule has 1 aromatic carbocycles. The lowest BCUT2D eigenvalue weighted by Gasteiger charge is -2.16. The first kappa shape index (κ1) is 27.1. The number of aromatic nitrogens is 3. The maximum absolute atomic E-state index is 13.6. The first-order valence-electron chi connectivity index (χ1n) is 10.2. The van der Waals surface area contributed by atoms with Gasteiger partial charge in [0.1, 0.15) is 17.2 Å². The van der Waals surface area contributed by atoms with Crippen molar-refractivity contribution in [3.05, 3.63) is 65.5 Å². The number of pyridine rings is 1. The van der Waals surface area contributed by atoms with Gasteiger partial charge >= 0.3 is 6.18 Å². The fraction of sp³-hybridized carbons (Fsp3) is 0.250. The van der Waals surface area contributed by atoms with Crippen LogP contribution in [-0.4, -0.2) is 37.5 Å².